The van der Waals surface area contributed by atoms with Crippen molar-refractivity contribution in [3.05, 3.63) is 16.1 Å². The summed E-state index contributed by atoms with van der Waals surface area (Å²) >= 11 is 1.19. The summed E-state index contributed by atoms with van der Waals surface area (Å²) in [4.78, 5) is 26.1. The van der Waals surface area contributed by atoms with Crippen molar-refractivity contribution in [2.24, 2.45) is 0 Å². The van der Waals surface area contributed by atoms with Crippen LogP contribution < -0.4 is 5.32 Å². The predicted octanol–water partition coefficient (Wildman–Crippen LogP) is 1.10. The lowest BCUT2D eigenvalue weighted by atomic mass is 10.3. The molecule has 124 valence electrons. The zero-order valence-electron chi connectivity index (χ0n) is 12.4. The minimum absolute atomic E-state index is 0.0233. The summed E-state index contributed by atoms with van der Waals surface area (Å²) in [7, 11) is -3.36. The lowest BCUT2D eigenvalue weighted by Crippen LogP contribution is -2.32. The van der Waals surface area contributed by atoms with Crippen LogP contribution in [0.2, 0.25) is 0 Å². The number of carboxylic acid groups (broad SMARTS) is 1. The van der Waals surface area contributed by atoms with E-state index in [0.717, 1.165) is 12.8 Å². The number of aromatic nitrogens is 1. The van der Waals surface area contributed by atoms with E-state index in [1.165, 1.54) is 16.7 Å². The third-order valence-corrected chi connectivity index (χ3v) is 5.36. The van der Waals surface area contributed by atoms with E-state index < -0.39 is 27.5 Å². The molecule has 0 radical (unpaired) electrons. The monoisotopic (exact) mass is 348 g/mol. The van der Waals surface area contributed by atoms with Crippen LogP contribution in [0.5, 0.6) is 0 Å². The number of carbonyl (C=O) groups is 2. The third-order valence-electron chi connectivity index (χ3n) is 2.84. The molecule has 0 unspecified atom stereocenters. The number of nitrogens with one attached hydrogen (secondary N) is 1. The molecule has 1 aromatic rings. The number of sulfone groups is 1. The first-order valence-electron chi connectivity index (χ1n) is 6.99. The van der Waals surface area contributed by atoms with Crippen LogP contribution >= 0.6 is 11.3 Å². The van der Waals surface area contributed by atoms with Crippen molar-refractivity contribution in [2.75, 3.05) is 18.1 Å². The van der Waals surface area contributed by atoms with Crippen LogP contribution in [0, 0.1) is 0 Å². The van der Waals surface area contributed by atoms with Gasteiger partial charge in [-0.25, -0.2) is 18.2 Å². The van der Waals surface area contributed by atoms with Crippen LogP contribution in [0.3, 0.4) is 0 Å². The van der Waals surface area contributed by atoms with Crippen molar-refractivity contribution in [3.8, 4) is 0 Å². The molecule has 2 N–H and O–H groups in total. The summed E-state index contributed by atoms with van der Waals surface area (Å²) in [5.74, 6) is -2.10. The Morgan fingerprint density at radius 3 is 2.68 bits per heavy atom. The number of carboxylic acids is 1. The predicted molar refractivity (Wildman–Crippen MR) is 84.0 cm³/mol. The Labute approximate surface area is 133 Å². The molecule has 9 heteroatoms. The molecular formula is C13H20N2O5S2. The molecule has 22 heavy (non-hydrogen) atoms. The van der Waals surface area contributed by atoms with E-state index in [1.54, 1.807) is 0 Å². The van der Waals surface area contributed by atoms with Gasteiger partial charge in [-0.15, -0.1) is 11.3 Å². The number of hydrogen-bond acceptors (Lipinski definition) is 6. The fourth-order valence-electron chi connectivity index (χ4n) is 1.73. The van der Waals surface area contributed by atoms with Gasteiger partial charge in [0.2, 0.25) is 5.91 Å². The van der Waals surface area contributed by atoms with Gasteiger partial charge in [0.25, 0.3) is 0 Å². The highest BCUT2D eigenvalue weighted by molar-refractivity contribution is 7.92. The number of rotatable bonds is 10. The number of nitrogens with zero attached hydrogens (tertiary/aromatic N) is 1. The van der Waals surface area contributed by atoms with Crippen LogP contribution in [-0.4, -0.2) is 48.4 Å². The molecule has 1 heterocycles. The topological polar surface area (TPSA) is 113 Å². The van der Waals surface area contributed by atoms with E-state index in [4.69, 9.17) is 5.11 Å². The molecule has 0 aromatic carbocycles. The van der Waals surface area contributed by atoms with Gasteiger partial charge >= 0.3 is 5.97 Å². The number of hydrogen-bond donors (Lipinski definition) is 2. The van der Waals surface area contributed by atoms with Crippen LogP contribution in [0.1, 0.15) is 41.7 Å². The molecule has 0 aliphatic heterocycles. The van der Waals surface area contributed by atoms with Gasteiger partial charge < -0.3 is 10.4 Å². The summed E-state index contributed by atoms with van der Waals surface area (Å²) in [5, 5.41) is 13.3. The van der Waals surface area contributed by atoms with E-state index in [1.807, 2.05) is 6.92 Å². The summed E-state index contributed by atoms with van der Waals surface area (Å²) < 4.78 is 23.4. The Kier molecular flexibility index (Phi) is 7.46. The number of amides is 1. The first-order valence-corrected chi connectivity index (χ1v) is 9.69. The highest BCUT2D eigenvalue weighted by atomic mass is 32.2. The Balaban J connectivity index is 2.32. The maximum Gasteiger partial charge on any atom is 0.355 e. The first kappa shape index (κ1) is 18.6. The van der Waals surface area contributed by atoms with Gasteiger partial charge in [-0.3, -0.25) is 4.79 Å². The number of thiazole rings is 1. The molecule has 0 saturated carbocycles. The van der Waals surface area contributed by atoms with Gasteiger partial charge in [-0.05, 0) is 6.42 Å². The van der Waals surface area contributed by atoms with Crippen molar-refractivity contribution in [2.45, 2.75) is 32.6 Å². The molecule has 0 bridgehead atoms. The van der Waals surface area contributed by atoms with Crippen molar-refractivity contribution >= 4 is 33.1 Å². The summed E-state index contributed by atoms with van der Waals surface area (Å²) in [6.07, 6.45) is 2.70. The average Bonchev–Trinajstić information content (AvgIpc) is 2.87. The molecule has 0 spiro atoms. The van der Waals surface area contributed by atoms with Crippen LogP contribution in [-0.2, 0) is 21.1 Å². The highest BCUT2D eigenvalue weighted by Crippen LogP contribution is 2.09. The Bertz CT molecular complexity index is 610. The molecular weight excluding hydrogens is 328 g/mol. The van der Waals surface area contributed by atoms with Crippen LogP contribution in [0.15, 0.2) is 5.38 Å². The van der Waals surface area contributed by atoms with Gasteiger partial charge in [0.1, 0.15) is 5.75 Å². The minimum Gasteiger partial charge on any atom is -0.476 e. The lowest BCUT2D eigenvalue weighted by Gasteiger charge is -2.05. The van der Waals surface area contributed by atoms with E-state index in [0.29, 0.717) is 17.8 Å². The van der Waals surface area contributed by atoms with Gasteiger partial charge in [-0.1, -0.05) is 19.8 Å². The Morgan fingerprint density at radius 2 is 2.09 bits per heavy atom. The molecule has 0 aliphatic rings. The fraction of sp³-hybridized carbons (Fsp3) is 0.615. The first-order chi connectivity index (χ1) is 10.3. The largest absolute Gasteiger partial charge is 0.476 e. The second-order valence-electron chi connectivity index (χ2n) is 4.83. The van der Waals surface area contributed by atoms with Crippen LogP contribution in [0.25, 0.3) is 0 Å². The zero-order chi connectivity index (χ0) is 16.6. The molecule has 0 fully saturated rings. The normalized spacial score (nSPS) is 11.3. The molecule has 7 nitrogen and oxygen atoms in total. The Morgan fingerprint density at radius 1 is 1.36 bits per heavy atom. The molecule has 0 saturated heterocycles. The summed E-state index contributed by atoms with van der Waals surface area (Å²) in [6.45, 7) is 2.21. The molecule has 1 rings (SSSR count). The maximum absolute atomic E-state index is 11.7. The van der Waals surface area contributed by atoms with Crippen molar-refractivity contribution in [3.63, 3.8) is 0 Å². The van der Waals surface area contributed by atoms with E-state index >= 15 is 0 Å². The van der Waals surface area contributed by atoms with Crippen molar-refractivity contribution in [1.29, 1.82) is 0 Å². The number of carbonyl (C=O) groups excluding carboxylic acids is 1. The Hall–Kier alpha value is -1.48. The lowest BCUT2D eigenvalue weighted by molar-refractivity contribution is -0.118. The van der Waals surface area contributed by atoms with Gasteiger partial charge in [0, 0.05) is 18.3 Å². The molecule has 0 aliphatic carbocycles. The fourth-order valence-corrected chi connectivity index (χ4v) is 3.79. The highest BCUT2D eigenvalue weighted by Gasteiger charge is 2.16. The molecule has 1 aromatic heterocycles. The quantitative estimate of drug-likeness (QED) is 0.612. The second-order valence-corrected chi connectivity index (χ2v) is 7.96. The van der Waals surface area contributed by atoms with Crippen LogP contribution in [0.4, 0.5) is 0 Å². The van der Waals surface area contributed by atoms with E-state index in [2.05, 4.69) is 10.3 Å². The van der Waals surface area contributed by atoms with E-state index in [9.17, 15) is 18.0 Å². The standard InChI is InChI=1S/C13H20N2O5S2/c1-2-3-4-7-22(19,20)9-11(16)14-6-5-12-15-10(8-21-12)13(17)18/h8H,2-7,9H2,1H3,(H,14,16)(H,17,18). The second kappa shape index (κ2) is 8.84. The van der Waals surface area contributed by atoms with Crippen molar-refractivity contribution in [1.82, 2.24) is 10.3 Å². The number of unbranched alkanes of at least 4 members (excludes halogenated alkanes) is 2. The minimum atomic E-state index is -3.36. The van der Waals surface area contributed by atoms with Gasteiger partial charge in [-0.2, -0.15) is 0 Å². The SMILES string of the molecule is CCCCCS(=O)(=O)CC(=O)NCCc1nc(C(=O)O)cs1. The molecule has 1 amide bonds. The average molecular weight is 348 g/mol. The molecule has 0 atom stereocenters. The van der Waals surface area contributed by atoms with Gasteiger partial charge in [0.05, 0.1) is 10.8 Å². The third kappa shape index (κ3) is 6.99. The summed E-state index contributed by atoms with van der Waals surface area (Å²) in [6, 6.07) is 0. The van der Waals surface area contributed by atoms with E-state index in [-0.39, 0.29) is 18.0 Å². The zero-order valence-corrected chi connectivity index (χ0v) is 14.0. The van der Waals surface area contributed by atoms with Crippen molar-refractivity contribution < 1.29 is 23.1 Å². The maximum atomic E-state index is 11.7. The number of aromatic carboxylic acids is 1. The van der Waals surface area contributed by atoms with Gasteiger partial charge in [0.15, 0.2) is 15.5 Å². The smallest absolute Gasteiger partial charge is 0.355 e. The summed E-state index contributed by atoms with van der Waals surface area (Å²) in [5.41, 5.74) is -0.0233.